The highest BCUT2D eigenvalue weighted by atomic mass is 16.5. The smallest absolute Gasteiger partial charge is 0.122 e. The Bertz CT molecular complexity index is 403. The summed E-state index contributed by atoms with van der Waals surface area (Å²) < 4.78 is 5.41. The summed E-state index contributed by atoms with van der Waals surface area (Å²) in [7, 11) is 1.71. The van der Waals surface area contributed by atoms with Gasteiger partial charge in [-0.2, -0.15) is 0 Å². The van der Waals surface area contributed by atoms with Crippen molar-refractivity contribution in [1.82, 2.24) is 10.2 Å². The molecule has 1 aromatic carbocycles. The average Bonchev–Trinajstić information content (AvgIpc) is 2.46. The van der Waals surface area contributed by atoms with E-state index in [9.17, 15) is 5.11 Å². The fourth-order valence-corrected chi connectivity index (χ4v) is 2.72. The SMILES string of the molecule is COc1cc([C@H](CCO)N2CCNCC2)ccc1C. The third kappa shape index (κ3) is 3.47. The molecule has 19 heavy (non-hydrogen) atoms. The Labute approximate surface area is 115 Å². The van der Waals surface area contributed by atoms with Crippen molar-refractivity contribution in [3.63, 3.8) is 0 Å². The molecule has 1 atom stereocenters. The zero-order valence-corrected chi connectivity index (χ0v) is 11.9. The normalized spacial score (nSPS) is 18.3. The van der Waals surface area contributed by atoms with E-state index in [1.807, 2.05) is 0 Å². The number of rotatable bonds is 5. The lowest BCUT2D eigenvalue weighted by atomic mass is 9.99. The number of nitrogens with zero attached hydrogens (tertiary/aromatic N) is 1. The van der Waals surface area contributed by atoms with E-state index < -0.39 is 0 Å². The molecule has 1 fully saturated rings. The predicted molar refractivity (Wildman–Crippen MR) is 76.6 cm³/mol. The first-order valence-electron chi connectivity index (χ1n) is 6.96. The van der Waals surface area contributed by atoms with E-state index in [-0.39, 0.29) is 12.6 Å². The number of benzene rings is 1. The number of hydrogen-bond donors (Lipinski definition) is 2. The van der Waals surface area contributed by atoms with Gasteiger partial charge in [0, 0.05) is 38.8 Å². The van der Waals surface area contributed by atoms with Crippen molar-refractivity contribution in [3.05, 3.63) is 29.3 Å². The van der Waals surface area contributed by atoms with Crippen molar-refractivity contribution in [2.45, 2.75) is 19.4 Å². The van der Waals surface area contributed by atoms with Crippen molar-refractivity contribution >= 4 is 0 Å². The Hall–Kier alpha value is -1.10. The first-order chi connectivity index (χ1) is 9.26. The predicted octanol–water partition coefficient (Wildman–Crippen LogP) is 1.33. The summed E-state index contributed by atoms with van der Waals surface area (Å²) in [6, 6.07) is 6.64. The second kappa shape index (κ2) is 6.89. The van der Waals surface area contributed by atoms with E-state index in [0.29, 0.717) is 0 Å². The molecular weight excluding hydrogens is 240 g/mol. The van der Waals surface area contributed by atoms with Crippen molar-refractivity contribution in [2.75, 3.05) is 39.9 Å². The Morgan fingerprint density at radius 3 is 2.74 bits per heavy atom. The number of hydrogen-bond acceptors (Lipinski definition) is 4. The van der Waals surface area contributed by atoms with Crippen LogP contribution in [0.25, 0.3) is 0 Å². The largest absolute Gasteiger partial charge is 0.496 e. The maximum Gasteiger partial charge on any atom is 0.122 e. The van der Waals surface area contributed by atoms with Crippen LogP contribution in [0.1, 0.15) is 23.6 Å². The fourth-order valence-electron chi connectivity index (χ4n) is 2.72. The van der Waals surface area contributed by atoms with E-state index in [0.717, 1.165) is 43.9 Å². The second-order valence-corrected chi connectivity index (χ2v) is 5.04. The van der Waals surface area contributed by atoms with Gasteiger partial charge in [0.2, 0.25) is 0 Å². The second-order valence-electron chi connectivity index (χ2n) is 5.04. The molecule has 0 amide bonds. The molecule has 1 heterocycles. The van der Waals surface area contributed by atoms with Gasteiger partial charge in [-0.15, -0.1) is 0 Å². The molecule has 1 saturated heterocycles. The van der Waals surface area contributed by atoms with E-state index in [1.54, 1.807) is 7.11 Å². The van der Waals surface area contributed by atoms with Gasteiger partial charge >= 0.3 is 0 Å². The molecule has 2 rings (SSSR count). The van der Waals surface area contributed by atoms with Gasteiger partial charge in [-0.25, -0.2) is 0 Å². The van der Waals surface area contributed by atoms with Crippen LogP contribution in [0.4, 0.5) is 0 Å². The van der Waals surface area contributed by atoms with E-state index >= 15 is 0 Å². The number of methoxy groups -OCH3 is 1. The quantitative estimate of drug-likeness (QED) is 0.842. The maximum atomic E-state index is 9.34. The first-order valence-corrected chi connectivity index (χ1v) is 6.96. The van der Waals surface area contributed by atoms with Gasteiger partial charge in [-0.1, -0.05) is 12.1 Å². The molecule has 0 spiro atoms. The highest BCUT2D eigenvalue weighted by molar-refractivity contribution is 5.38. The molecule has 0 bridgehead atoms. The highest BCUT2D eigenvalue weighted by Gasteiger charge is 2.22. The van der Waals surface area contributed by atoms with Crippen LogP contribution in [0.2, 0.25) is 0 Å². The Morgan fingerprint density at radius 1 is 1.37 bits per heavy atom. The molecule has 0 saturated carbocycles. The summed E-state index contributed by atoms with van der Waals surface area (Å²) in [5, 5.41) is 12.7. The Kier molecular flexibility index (Phi) is 5.19. The molecule has 1 aliphatic heterocycles. The molecule has 0 radical (unpaired) electrons. The summed E-state index contributed by atoms with van der Waals surface area (Å²) in [4.78, 5) is 2.44. The number of aliphatic hydroxyl groups is 1. The summed E-state index contributed by atoms with van der Waals surface area (Å²) >= 11 is 0. The van der Waals surface area contributed by atoms with Gasteiger partial charge in [-0.05, 0) is 30.5 Å². The molecule has 0 unspecified atom stereocenters. The van der Waals surface area contributed by atoms with Crippen molar-refractivity contribution in [3.8, 4) is 5.75 Å². The average molecular weight is 264 g/mol. The summed E-state index contributed by atoms with van der Waals surface area (Å²) in [6.45, 7) is 6.36. The minimum absolute atomic E-state index is 0.213. The van der Waals surface area contributed by atoms with Gasteiger partial charge in [0.15, 0.2) is 0 Å². The van der Waals surface area contributed by atoms with Gasteiger partial charge < -0.3 is 15.2 Å². The topological polar surface area (TPSA) is 44.7 Å². The van der Waals surface area contributed by atoms with Crippen molar-refractivity contribution < 1.29 is 9.84 Å². The molecule has 0 aliphatic carbocycles. The summed E-state index contributed by atoms with van der Waals surface area (Å²) in [5.74, 6) is 0.926. The maximum absolute atomic E-state index is 9.34. The monoisotopic (exact) mass is 264 g/mol. The van der Waals surface area contributed by atoms with Crippen LogP contribution >= 0.6 is 0 Å². The van der Waals surface area contributed by atoms with Gasteiger partial charge in [0.1, 0.15) is 5.75 Å². The standard InChI is InChI=1S/C15H24N2O2/c1-12-3-4-13(11-15(12)19-2)14(5-10-18)17-8-6-16-7-9-17/h3-4,11,14,16,18H,5-10H2,1-2H3/t14-/m0/s1. The highest BCUT2D eigenvalue weighted by Crippen LogP contribution is 2.29. The number of ether oxygens (including phenoxy) is 1. The van der Waals surface area contributed by atoms with Gasteiger partial charge in [0.25, 0.3) is 0 Å². The number of aliphatic hydroxyl groups excluding tert-OH is 1. The zero-order chi connectivity index (χ0) is 13.7. The third-order valence-corrected chi connectivity index (χ3v) is 3.81. The van der Waals surface area contributed by atoms with Crippen LogP contribution in [0, 0.1) is 6.92 Å². The van der Waals surface area contributed by atoms with E-state index in [1.165, 1.54) is 5.56 Å². The first kappa shape index (κ1) is 14.3. The molecule has 2 N–H and O–H groups in total. The number of aryl methyl sites for hydroxylation is 1. The lowest BCUT2D eigenvalue weighted by molar-refractivity contribution is 0.141. The lowest BCUT2D eigenvalue weighted by Gasteiger charge is -2.35. The van der Waals surface area contributed by atoms with Gasteiger partial charge in [0.05, 0.1) is 7.11 Å². The van der Waals surface area contributed by atoms with Crippen molar-refractivity contribution in [1.29, 1.82) is 0 Å². The molecule has 1 aromatic rings. The number of nitrogens with one attached hydrogen (secondary N) is 1. The molecule has 1 aliphatic rings. The van der Waals surface area contributed by atoms with Crippen LogP contribution in [0.5, 0.6) is 5.75 Å². The summed E-state index contributed by atoms with van der Waals surface area (Å²) in [6.07, 6.45) is 0.770. The molecule has 0 aromatic heterocycles. The minimum Gasteiger partial charge on any atom is -0.496 e. The Morgan fingerprint density at radius 2 is 2.11 bits per heavy atom. The fraction of sp³-hybridized carbons (Fsp3) is 0.600. The minimum atomic E-state index is 0.213. The van der Waals surface area contributed by atoms with Crippen LogP contribution in [0.15, 0.2) is 18.2 Å². The van der Waals surface area contributed by atoms with Gasteiger partial charge in [-0.3, -0.25) is 4.90 Å². The summed E-state index contributed by atoms with van der Waals surface area (Å²) in [5.41, 5.74) is 2.38. The molecule has 4 heteroatoms. The zero-order valence-electron chi connectivity index (χ0n) is 11.9. The van der Waals surface area contributed by atoms with Crippen LogP contribution in [-0.2, 0) is 0 Å². The van der Waals surface area contributed by atoms with Crippen molar-refractivity contribution in [2.24, 2.45) is 0 Å². The van der Waals surface area contributed by atoms with Crippen LogP contribution < -0.4 is 10.1 Å². The molecular formula is C15H24N2O2. The van der Waals surface area contributed by atoms with Crippen LogP contribution in [-0.4, -0.2) is 49.9 Å². The molecule has 4 nitrogen and oxygen atoms in total. The number of piperazine rings is 1. The van der Waals surface area contributed by atoms with Crippen LogP contribution in [0.3, 0.4) is 0 Å². The van der Waals surface area contributed by atoms with E-state index in [4.69, 9.17) is 4.74 Å². The third-order valence-electron chi connectivity index (χ3n) is 3.81. The Balaban J connectivity index is 2.22. The molecule has 106 valence electrons. The van der Waals surface area contributed by atoms with E-state index in [2.05, 4.69) is 35.3 Å². The lowest BCUT2D eigenvalue weighted by Crippen LogP contribution is -2.45.